The molecule has 1 aromatic carbocycles. The van der Waals surface area contributed by atoms with Gasteiger partial charge < -0.3 is 0 Å². The van der Waals surface area contributed by atoms with Crippen molar-refractivity contribution in [3.05, 3.63) is 32.3 Å². The van der Waals surface area contributed by atoms with Crippen molar-refractivity contribution in [2.45, 2.75) is 11.8 Å². The van der Waals surface area contributed by atoms with Crippen LogP contribution in [0.3, 0.4) is 0 Å². The number of benzene rings is 1. The lowest BCUT2D eigenvalue weighted by Gasteiger charge is -2.01. The van der Waals surface area contributed by atoms with E-state index >= 15 is 0 Å². The number of hydrogen-bond acceptors (Lipinski definition) is 3. The fraction of sp³-hybridized carbons (Fsp3) is 0.143. The molecule has 0 spiro atoms. The Labute approximate surface area is 83.5 Å². The number of halogens is 1. The highest BCUT2D eigenvalue weighted by Gasteiger charge is 2.14. The number of rotatable bonds is 1. The van der Waals surface area contributed by atoms with Gasteiger partial charge in [0.05, 0.1) is 4.92 Å². The third-order valence-electron chi connectivity index (χ3n) is 1.49. The molecule has 0 fully saturated rings. The molecule has 0 bridgehead atoms. The Bertz CT molecular complexity index is 340. The SMILES string of the molecule is Cc1ccc([N+](=O)[O-])c(Br)c1S. The summed E-state index contributed by atoms with van der Waals surface area (Å²) in [5.74, 6) is 0. The summed E-state index contributed by atoms with van der Waals surface area (Å²) < 4.78 is 0.441. The molecule has 5 heteroatoms. The summed E-state index contributed by atoms with van der Waals surface area (Å²) in [5.41, 5.74) is 0.960. The van der Waals surface area contributed by atoms with Crippen molar-refractivity contribution in [2.24, 2.45) is 0 Å². The van der Waals surface area contributed by atoms with Crippen LogP contribution in [0.5, 0.6) is 0 Å². The normalized spacial score (nSPS) is 9.92. The predicted molar refractivity (Wildman–Crippen MR) is 52.8 cm³/mol. The molecule has 0 aliphatic heterocycles. The third-order valence-corrected chi connectivity index (χ3v) is 3.18. The first-order chi connectivity index (χ1) is 5.54. The number of nitrogens with zero attached hydrogens (tertiary/aromatic N) is 1. The molecule has 64 valence electrons. The standard InChI is InChI=1S/C7H6BrNO2S/c1-4-2-3-5(9(10)11)6(8)7(4)12/h2-3,12H,1H3. The smallest absolute Gasteiger partial charge is 0.258 e. The second-order valence-corrected chi connectivity index (χ2v) is 3.56. The third kappa shape index (κ3) is 1.61. The molecule has 0 radical (unpaired) electrons. The topological polar surface area (TPSA) is 43.1 Å². The first kappa shape index (κ1) is 9.54. The Hall–Kier alpha value is -0.550. The number of aryl methyl sites for hydroxylation is 1. The molecular weight excluding hydrogens is 242 g/mol. The van der Waals surface area contributed by atoms with Crippen LogP contribution in [0.4, 0.5) is 5.69 Å². The molecule has 0 aliphatic carbocycles. The van der Waals surface area contributed by atoms with Crippen molar-refractivity contribution in [2.75, 3.05) is 0 Å². The fourth-order valence-corrected chi connectivity index (χ4v) is 1.57. The van der Waals surface area contributed by atoms with E-state index in [2.05, 4.69) is 28.6 Å². The van der Waals surface area contributed by atoms with Crippen molar-refractivity contribution in [3.63, 3.8) is 0 Å². The zero-order chi connectivity index (χ0) is 9.30. The zero-order valence-corrected chi connectivity index (χ0v) is 8.72. The number of nitro groups is 1. The largest absolute Gasteiger partial charge is 0.284 e. The van der Waals surface area contributed by atoms with Crippen molar-refractivity contribution < 1.29 is 4.92 Å². The lowest BCUT2D eigenvalue weighted by atomic mass is 10.2. The van der Waals surface area contributed by atoms with Gasteiger partial charge >= 0.3 is 0 Å². The maximum Gasteiger partial charge on any atom is 0.284 e. The Morgan fingerprint density at radius 1 is 1.58 bits per heavy atom. The Morgan fingerprint density at radius 2 is 2.17 bits per heavy atom. The molecular formula is C7H6BrNO2S. The summed E-state index contributed by atoms with van der Waals surface area (Å²) in [4.78, 5) is 10.6. The van der Waals surface area contributed by atoms with Gasteiger partial charge in [0.2, 0.25) is 0 Å². The van der Waals surface area contributed by atoms with E-state index in [1.54, 1.807) is 6.07 Å². The second kappa shape index (κ2) is 3.45. The van der Waals surface area contributed by atoms with Gasteiger partial charge in [0.15, 0.2) is 0 Å². The maximum absolute atomic E-state index is 10.4. The van der Waals surface area contributed by atoms with Crippen LogP contribution in [-0.4, -0.2) is 4.92 Å². The molecule has 0 saturated heterocycles. The van der Waals surface area contributed by atoms with Gasteiger partial charge in [-0.2, -0.15) is 0 Å². The van der Waals surface area contributed by atoms with E-state index in [9.17, 15) is 10.1 Å². The summed E-state index contributed by atoms with van der Waals surface area (Å²) in [5, 5.41) is 10.4. The fourth-order valence-electron chi connectivity index (χ4n) is 0.791. The molecule has 1 rings (SSSR count). The average molecular weight is 248 g/mol. The van der Waals surface area contributed by atoms with Crippen molar-refractivity contribution in [3.8, 4) is 0 Å². The number of nitro benzene ring substituents is 1. The summed E-state index contributed by atoms with van der Waals surface area (Å²) >= 11 is 7.24. The predicted octanol–water partition coefficient (Wildman–Crippen LogP) is 2.95. The van der Waals surface area contributed by atoms with Gasteiger partial charge in [-0.25, -0.2) is 0 Å². The van der Waals surface area contributed by atoms with Crippen molar-refractivity contribution in [1.82, 2.24) is 0 Å². The lowest BCUT2D eigenvalue weighted by molar-refractivity contribution is -0.385. The van der Waals surface area contributed by atoms with Gasteiger partial charge in [-0.3, -0.25) is 10.1 Å². The van der Waals surface area contributed by atoms with Gasteiger partial charge in [-0.15, -0.1) is 12.6 Å². The highest BCUT2D eigenvalue weighted by molar-refractivity contribution is 9.10. The highest BCUT2D eigenvalue weighted by atomic mass is 79.9. The van der Waals surface area contributed by atoms with Gasteiger partial charge in [-0.1, -0.05) is 6.07 Å². The van der Waals surface area contributed by atoms with E-state index in [-0.39, 0.29) is 5.69 Å². The molecule has 0 unspecified atom stereocenters. The van der Waals surface area contributed by atoms with Crippen LogP contribution in [0.15, 0.2) is 21.5 Å². The Morgan fingerprint density at radius 3 is 2.67 bits per heavy atom. The molecule has 0 atom stereocenters. The molecule has 0 N–H and O–H groups in total. The minimum Gasteiger partial charge on any atom is -0.258 e. The first-order valence-electron chi connectivity index (χ1n) is 3.16. The van der Waals surface area contributed by atoms with Gasteiger partial charge in [0.1, 0.15) is 4.47 Å². The van der Waals surface area contributed by atoms with E-state index in [0.29, 0.717) is 9.37 Å². The molecule has 0 aromatic heterocycles. The van der Waals surface area contributed by atoms with Crippen LogP contribution in [0.25, 0.3) is 0 Å². The molecule has 0 aliphatic rings. The Kier molecular flexibility index (Phi) is 2.74. The van der Waals surface area contributed by atoms with Crippen molar-refractivity contribution >= 4 is 34.2 Å². The monoisotopic (exact) mass is 247 g/mol. The minimum atomic E-state index is -0.441. The Balaban J connectivity index is 3.36. The van der Waals surface area contributed by atoms with E-state index in [1.807, 2.05) is 6.92 Å². The summed E-state index contributed by atoms with van der Waals surface area (Å²) in [7, 11) is 0. The average Bonchev–Trinajstić information content (AvgIpc) is 2.00. The minimum absolute atomic E-state index is 0.0469. The van der Waals surface area contributed by atoms with E-state index in [0.717, 1.165) is 5.56 Å². The van der Waals surface area contributed by atoms with Crippen LogP contribution in [0, 0.1) is 17.0 Å². The second-order valence-electron chi connectivity index (χ2n) is 2.32. The van der Waals surface area contributed by atoms with E-state index in [4.69, 9.17) is 0 Å². The summed E-state index contributed by atoms with van der Waals surface area (Å²) in [6.07, 6.45) is 0. The summed E-state index contributed by atoms with van der Waals surface area (Å²) in [6, 6.07) is 3.13. The van der Waals surface area contributed by atoms with E-state index < -0.39 is 4.92 Å². The first-order valence-corrected chi connectivity index (χ1v) is 4.40. The zero-order valence-electron chi connectivity index (χ0n) is 6.24. The number of hydrogen-bond donors (Lipinski definition) is 1. The molecule has 12 heavy (non-hydrogen) atoms. The molecule has 3 nitrogen and oxygen atoms in total. The summed E-state index contributed by atoms with van der Waals surface area (Å²) in [6.45, 7) is 1.84. The van der Waals surface area contributed by atoms with Crippen LogP contribution < -0.4 is 0 Å². The van der Waals surface area contributed by atoms with E-state index in [1.165, 1.54) is 6.07 Å². The van der Waals surface area contributed by atoms with Crippen molar-refractivity contribution in [1.29, 1.82) is 0 Å². The molecule has 1 aromatic rings. The van der Waals surface area contributed by atoms with Crippen LogP contribution >= 0.6 is 28.6 Å². The lowest BCUT2D eigenvalue weighted by Crippen LogP contribution is -1.90. The van der Waals surface area contributed by atoms with Crippen LogP contribution in [0.2, 0.25) is 0 Å². The molecule has 0 amide bonds. The van der Waals surface area contributed by atoms with Gasteiger partial charge in [-0.05, 0) is 28.4 Å². The molecule has 0 heterocycles. The van der Waals surface area contributed by atoms with Crippen LogP contribution in [-0.2, 0) is 0 Å². The quantitative estimate of drug-likeness (QED) is 0.471. The van der Waals surface area contributed by atoms with Gasteiger partial charge in [0, 0.05) is 11.0 Å². The molecule has 0 saturated carbocycles. The maximum atomic E-state index is 10.4. The van der Waals surface area contributed by atoms with Gasteiger partial charge in [0.25, 0.3) is 5.69 Å². The van der Waals surface area contributed by atoms with Crippen LogP contribution in [0.1, 0.15) is 5.56 Å². The highest BCUT2D eigenvalue weighted by Crippen LogP contribution is 2.32. The number of thiol groups is 1.